The predicted octanol–water partition coefficient (Wildman–Crippen LogP) is 3.07. The zero-order chi connectivity index (χ0) is 19.6. The van der Waals surface area contributed by atoms with E-state index < -0.39 is 0 Å². The molecule has 0 amide bonds. The first-order valence-electron chi connectivity index (χ1n) is 8.37. The summed E-state index contributed by atoms with van der Waals surface area (Å²) < 4.78 is 16.1. The van der Waals surface area contributed by atoms with Crippen LogP contribution in [0.3, 0.4) is 0 Å². The Bertz CT molecular complexity index is 807. The van der Waals surface area contributed by atoms with Crippen LogP contribution in [0.5, 0.6) is 17.2 Å². The Hall–Kier alpha value is -2.67. The van der Waals surface area contributed by atoms with E-state index in [2.05, 4.69) is 21.7 Å². The minimum atomic E-state index is 0. The Balaban J connectivity index is 0.00000392. The van der Waals surface area contributed by atoms with Gasteiger partial charge in [-0.05, 0) is 35.4 Å². The van der Waals surface area contributed by atoms with Gasteiger partial charge in [-0.3, -0.25) is 4.99 Å². The molecule has 2 rings (SSSR count). The van der Waals surface area contributed by atoms with Gasteiger partial charge in [-0.1, -0.05) is 12.1 Å². The minimum absolute atomic E-state index is 0. The molecule has 7 nitrogen and oxygen atoms in total. The molecule has 2 aromatic carbocycles. The SMILES string of the molecule is CN=C(NCc1ccc(C#N)cc1)NCc1cc(OC)c(OC)c(OC)c1.I. The van der Waals surface area contributed by atoms with Crippen LogP contribution in [0.15, 0.2) is 41.4 Å². The summed E-state index contributed by atoms with van der Waals surface area (Å²) in [6, 6.07) is 13.3. The second kappa shape index (κ2) is 11.9. The molecule has 0 aliphatic rings. The average molecular weight is 496 g/mol. The van der Waals surface area contributed by atoms with Gasteiger partial charge in [0.1, 0.15) is 0 Å². The maximum absolute atomic E-state index is 8.85. The number of hydrogen-bond donors (Lipinski definition) is 2. The van der Waals surface area contributed by atoms with E-state index in [-0.39, 0.29) is 24.0 Å². The molecule has 0 aliphatic carbocycles. The molecular weight excluding hydrogens is 471 g/mol. The number of guanidine groups is 1. The monoisotopic (exact) mass is 496 g/mol. The second-order valence-electron chi connectivity index (χ2n) is 5.62. The first-order chi connectivity index (χ1) is 13.1. The molecule has 0 heterocycles. The van der Waals surface area contributed by atoms with Gasteiger partial charge in [0.15, 0.2) is 17.5 Å². The topological polar surface area (TPSA) is 87.9 Å². The van der Waals surface area contributed by atoms with Crippen molar-refractivity contribution in [2.45, 2.75) is 13.1 Å². The van der Waals surface area contributed by atoms with Crippen LogP contribution in [0, 0.1) is 11.3 Å². The summed E-state index contributed by atoms with van der Waals surface area (Å²) in [6.07, 6.45) is 0. The van der Waals surface area contributed by atoms with Crippen molar-refractivity contribution >= 4 is 29.9 Å². The van der Waals surface area contributed by atoms with Crippen molar-refractivity contribution in [2.75, 3.05) is 28.4 Å². The molecule has 0 aromatic heterocycles. The van der Waals surface area contributed by atoms with E-state index >= 15 is 0 Å². The Kier molecular flexibility index (Phi) is 9.95. The smallest absolute Gasteiger partial charge is 0.203 e. The lowest BCUT2D eigenvalue weighted by Crippen LogP contribution is -2.36. The molecule has 2 aromatic rings. The molecule has 0 spiro atoms. The van der Waals surface area contributed by atoms with Crippen molar-refractivity contribution in [1.29, 1.82) is 5.26 Å². The standard InChI is InChI=1S/C20H24N4O3.HI/c1-22-20(23-12-15-7-5-14(11-21)6-8-15)24-13-16-9-17(25-2)19(27-4)18(10-16)26-3;/h5-10H,12-13H2,1-4H3,(H2,22,23,24);1H. The molecule has 0 radical (unpaired) electrons. The highest BCUT2D eigenvalue weighted by Crippen LogP contribution is 2.38. The fraction of sp³-hybridized carbons (Fsp3) is 0.300. The van der Waals surface area contributed by atoms with E-state index in [0.717, 1.165) is 11.1 Å². The molecule has 0 saturated heterocycles. The van der Waals surface area contributed by atoms with Crippen LogP contribution < -0.4 is 24.8 Å². The number of nitrogens with one attached hydrogen (secondary N) is 2. The first kappa shape index (κ1) is 23.4. The summed E-state index contributed by atoms with van der Waals surface area (Å²) in [6.45, 7) is 1.13. The number of ether oxygens (including phenoxy) is 3. The Morgan fingerprint density at radius 1 is 0.929 bits per heavy atom. The zero-order valence-electron chi connectivity index (χ0n) is 16.4. The summed E-state index contributed by atoms with van der Waals surface area (Å²) in [7, 11) is 6.47. The van der Waals surface area contributed by atoms with E-state index in [4.69, 9.17) is 19.5 Å². The van der Waals surface area contributed by atoms with Crippen molar-refractivity contribution < 1.29 is 14.2 Å². The van der Waals surface area contributed by atoms with Crippen LogP contribution in [-0.4, -0.2) is 34.3 Å². The van der Waals surface area contributed by atoms with E-state index in [1.165, 1.54) is 0 Å². The third-order valence-corrected chi connectivity index (χ3v) is 3.95. The average Bonchev–Trinajstić information content (AvgIpc) is 2.73. The number of nitrogens with zero attached hydrogens (tertiary/aromatic N) is 2. The van der Waals surface area contributed by atoms with Gasteiger partial charge in [0, 0.05) is 20.1 Å². The van der Waals surface area contributed by atoms with Gasteiger partial charge in [0.05, 0.1) is 33.0 Å². The number of nitriles is 1. The van der Waals surface area contributed by atoms with Crippen LogP contribution in [-0.2, 0) is 13.1 Å². The van der Waals surface area contributed by atoms with Crippen molar-refractivity contribution in [2.24, 2.45) is 4.99 Å². The lowest BCUT2D eigenvalue weighted by atomic mass is 10.1. The lowest BCUT2D eigenvalue weighted by molar-refractivity contribution is 0.323. The molecule has 0 saturated carbocycles. The second-order valence-corrected chi connectivity index (χ2v) is 5.62. The van der Waals surface area contributed by atoms with Gasteiger partial charge >= 0.3 is 0 Å². The van der Waals surface area contributed by atoms with Crippen LogP contribution in [0.25, 0.3) is 0 Å². The third-order valence-electron chi connectivity index (χ3n) is 3.95. The Labute approximate surface area is 182 Å². The maximum Gasteiger partial charge on any atom is 0.203 e. The predicted molar refractivity (Wildman–Crippen MR) is 120 cm³/mol. The van der Waals surface area contributed by atoms with Crippen LogP contribution >= 0.6 is 24.0 Å². The zero-order valence-corrected chi connectivity index (χ0v) is 18.7. The summed E-state index contributed by atoms with van der Waals surface area (Å²) in [5.74, 6) is 2.43. The van der Waals surface area contributed by atoms with Gasteiger partial charge < -0.3 is 24.8 Å². The molecule has 0 aliphatic heterocycles. The Morgan fingerprint density at radius 3 is 1.89 bits per heavy atom. The van der Waals surface area contributed by atoms with Crippen LogP contribution in [0.1, 0.15) is 16.7 Å². The molecule has 0 bridgehead atoms. The number of halogens is 1. The van der Waals surface area contributed by atoms with Gasteiger partial charge in [-0.25, -0.2) is 0 Å². The lowest BCUT2D eigenvalue weighted by Gasteiger charge is -2.16. The van der Waals surface area contributed by atoms with Crippen LogP contribution in [0.2, 0.25) is 0 Å². The molecule has 150 valence electrons. The van der Waals surface area contributed by atoms with Gasteiger partial charge in [-0.15, -0.1) is 24.0 Å². The van der Waals surface area contributed by atoms with Crippen molar-refractivity contribution in [1.82, 2.24) is 10.6 Å². The molecule has 0 fully saturated rings. The summed E-state index contributed by atoms with van der Waals surface area (Å²) in [5.41, 5.74) is 2.67. The van der Waals surface area contributed by atoms with Crippen molar-refractivity contribution in [3.8, 4) is 23.3 Å². The normalized spacial score (nSPS) is 10.3. The minimum Gasteiger partial charge on any atom is -0.493 e. The largest absolute Gasteiger partial charge is 0.493 e. The number of aliphatic imine (C=N–C) groups is 1. The summed E-state index contributed by atoms with van der Waals surface area (Å²) >= 11 is 0. The molecule has 0 atom stereocenters. The van der Waals surface area contributed by atoms with Crippen molar-refractivity contribution in [3.05, 3.63) is 53.1 Å². The highest BCUT2D eigenvalue weighted by Gasteiger charge is 2.13. The highest BCUT2D eigenvalue weighted by atomic mass is 127. The fourth-order valence-corrected chi connectivity index (χ4v) is 2.53. The Morgan fingerprint density at radius 2 is 1.46 bits per heavy atom. The van der Waals surface area contributed by atoms with Crippen molar-refractivity contribution in [3.63, 3.8) is 0 Å². The number of rotatable bonds is 7. The number of hydrogen-bond acceptors (Lipinski definition) is 5. The fourth-order valence-electron chi connectivity index (χ4n) is 2.53. The van der Waals surface area contributed by atoms with Gasteiger partial charge in [0.25, 0.3) is 0 Å². The molecular formula is C20H25IN4O3. The van der Waals surface area contributed by atoms with Gasteiger partial charge in [-0.2, -0.15) is 5.26 Å². The highest BCUT2D eigenvalue weighted by molar-refractivity contribution is 14.0. The van der Waals surface area contributed by atoms with E-state index in [0.29, 0.717) is 41.9 Å². The number of methoxy groups -OCH3 is 3. The molecule has 0 unspecified atom stereocenters. The summed E-state index contributed by atoms with van der Waals surface area (Å²) in [4.78, 5) is 4.23. The van der Waals surface area contributed by atoms with Gasteiger partial charge in [0.2, 0.25) is 5.75 Å². The third kappa shape index (κ3) is 6.20. The molecule has 8 heteroatoms. The number of benzene rings is 2. The first-order valence-corrected chi connectivity index (χ1v) is 8.37. The summed E-state index contributed by atoms with van der Waals surface area (Å²) in [5, 5.41) is 15.3. The van der Waals surface area contributed by atoms with Crippen LogP contribution in [0.4, 0.5) is 0 Å². The van der Waals surface area contributed by atoms with E-state index in [9.17, 15) is 0 Å². The molecule has 28 heavy (non-hydrogen) atoms. The van der Waals surface area contributed by atoms with E-state index in [1.54, 1.807) is 40.5 Å². The maximum atomic E-state index is 8.85. The van der Waals surface area contributed by atoms with E-state index in [1.807, 2.05) is 24.3 Å². The quantitative estimate of drug-likeness (QED) is 0.348. The molecule has 2 N–H and O–H groups in total.